The summed E-state index contributed by atoms with van der Waals surface area (Å²) in [5, 5.41) is 5.03. The molecule has 1 aliphatic rings. The Labute approximate surface area is 131 Å². The largest absolute Gasteiger partial charge is 0.325 e. The van der Waals surface area contributed by atoms with Crippen LogP contribution in [0.3, 0.4) is 0 Å². The second-order valence-corrected chi connectivity index (χ2v) is 5.42. The van der Waals surface area contributed by atoms with E-state index in [0.29, 0.717) is 6.42 Å². The van der Waals surface area contributed by atoms with E-state index in [1.54, 1.807) is 0 Å². The number of benzene rings is 2. The Morgan fingerprint density at radius 1 is 1.14 bits per heavy atom. The molecular weight excluding hydrogens is 274 g/mol. The lowest BCUT2D eigenvalue weighted by Gasteiger charge is -2.26. The number of carbonyl (C=O) groups excluding carboxylic acids is 1. The van der Waals surface area contributed by atoms with Gasteiger partial charge in [0.1, 0.15) is 0 Å². The van der Waals surface area contributed by atoms with E-state index in [1.165, 1.54) is 5.56 Å². The van der Waals surface area contributed by atoms with E-state index < -0.39 is 0 Å². The minimum absolute atomic E-state index is 0.0720. The second kappa shape index (κ2) is 6.62. The SMILES string of the molecule is CCN(NCCc1ccccc1)c1cccc2c1CC(=O)N2. The number of fused-ring (bicyclic) bond motifs is 1. The van der Waals surface area contributed by atoms with E-state index in [1.807, 2.05) is 18.2 Å². The lowest BCUT2D eigenvalue weighted by atomic mass is 10.1. The normalized spacial score (nSPS) is 12.9. The minimum atomic E-state index is 0.0720. The van der Waals surface area contributed by atoms with Gasteiger partial charge in [-0.1, -0.05) is 36.4 Å². The molecule has 0 aliphatic carbocycles. The number of hydrogen-bond donors (Lipinski definition) is 2. The van der Waals surface area contributed by atoms with Gasteiger partial charge in [-0.15, -0.1) is 0 Å². The number of anilines is 2. The summed E-state index contributed by atoms with van der Waals surface area (Å²) in [6.45, 7) is 3.82. The van der Waals surface area contributed by atoms with Gasteiger partial charge < -0.3 is 10.3 Å². The summed E-state index contributed by atoms with van der Waals surface area (Å²) >= 11 is 0. The molecule has 4 heteroatoms. The third kappa shape index (κ3) is 3.12. The first-order valence-electron chi connectivity index (χ1n) is 7.74. The molecule has 2 aromatic carbocycles. The zero-order valence-electron chi connectivity index (χ0n) is 12.8. The van der Waals surface area contributed by atoms with Gasteiger partial charge in [0.25, 0.3) is 0 Å². The van der Waals surface area contributed by atoms with Crippen LogP contribution in [-0.2, 0) is 17.6 Å². The van der Waals surface area contributed by atoms with Crippen molar-refractivity contribution in [1.82, 2.24) is 5.43 Å². The molecule has 2 aromatic rings. The van der Waals surface area contributed by atoms with Crippen LogP contribution in [0.15, 0.2) is 48.5 Å². The molecule has 0 saturated carbocycles. The van der Waals surface area contributed by atoms with E-state index in [9.17, 15) is 4.79 Å². The van der Waals surface area contributed by atoms with Crippen LogP contribution in [0.25, 0.3) is 0 Å². The molecule has 0 aromatic heterocycles. The highest BCUT2D eigenvalue weighted by molar-refractivity contribution is 6.01. The van der Waals surface area contributed by atoms with Crippen LogP contribution in [-0.4, -0.2) is 19.0 Å². The lowest BCUT2D eigenvalue weighted by Crippen LogP contribution is -2.39. The summed E-state index contributed by atoms with van der Waals surface area (Å²) in [6, 6.07) is 16.5. The maximum Gasteiger partial charge on any atom is 0.228 e. The molecule has 0 unspecified atom stereocenters. The van der Waals surface area contributed by atoms with Gasteiger partial charge in [0.2, 0.25) is 5.91 Å². The molecular formula is C18H21N3O. The summed E-state index contributed by atoms with van der Waals surface area (Å²) in [6.07, 6.45) is 1.44. The van der Waals surface area contributed by atoms with Crippen molar-refractivity contribution in [3.05, 3.63) is 59.7 Å². The summed E-state index contributed by atoms with van der Waals surface area (Å²) in [7, 11) is 0. The fourth-order valence-electron chi connectivity index (χ4n) is 2.83. The molecule has 0 radical (unpaired) electrons. The average Bonchev–Trinajstić information content (AvgIpc) is 2.93. The van der Waals surface area contributed by atoms with Crippen molar-refractivity contribution in [3.8, 4) is 0 Å². The van der Waals surface area contributed by atoms with Gasteiger partial charge in [-0.25, -0.2) is 5.43 Å². The third-order valence-corrected chi connectivity index (χ3v) is 3.93. The van der Waals surface area contributed by atoms with Gasteiger partial charge in [-0.3, -0.25) is 4.79 Å². The fourth-order valence-corrected chi connectivity index (χ4v) is 2.83. The number of nitrogens with zero attached hydrogens (tertiary/aromatic N) is 1. The predicted octanol–water partition coefficient (Wildman–Crippen LogP) is 2.75. The van der Waals surface area contributed by atoms with E-state index in [0.717, 1.165) is 36.4 Å². The van der Waals surface area contributed by atoms with Crippen molar-refractivity contribution in [2.45, 2.75) is 19.8 Å². The van der Waals surface area contributed by atoms with Crippen LogP contribution >= 0.6 is 0 Å². The Hall–Kier alpha value is -2.33. The Balaban J connectivity index is 1.68. The second-order valence-electron chi connectivity index (χ2n) is 5.42. The van der Waals surface area contributed by atoms with Crippen LogP contribution in [0.4, 0.5) is 11.4 Å². The summed E-state index contributed by atoms with van der Waals surface area (Å²) in [5.74, 6) is 0.0720. The van der Waals surface area contributed by atoms with Gasteiger partial charge in [-0.05, 0) is 31.0 Å². The molecule has 0 atom stereocenters. The van der Waals surface area contributed by atoms with E-state index in [2.05, 4.69) is 53.0 Å². The van der Waals surface area contributed by atoms with Crippen LogP contribution in [0, 0.1) is 0 Å². The maximum absolute atomic E-state index is 11.6. The Morgan fingerprint density at radius 3 is 2.73 bits per heavy atom. The molecule has 0 bridgehead atoms. The van der Waals surface area contributed by atoms with Gasteiger partial charge in [0, 0.05) is 24.3 Å². The summed E-state index contributed by atoms with van der Waals surface area (Å²) in [4.78, 5) is 11.6. The molecule has 4 nitrogen and oxygen atoms in total. The zero-order valence-corrected chi connectivity index (χ0v) is 12.8. The van der Waals surface area contributed by atoms with E-state index in [4.69, 9.17) is 0 Å². The quantitative estimate of drug-likeness (QED) is 0.805. The maximum atomic E-state index is 11.6. The van der Waals surface area contributed by atoms with Crippen molar-refractivity contribution in [1.29, 1.82) is 0 Å². The monoisotopic (exact) mass is 295 g/mol. The topological polar surface area (TPSA) is 44.4 Å². The van der Waals surface area contributed by atoms with Crippen molar-refractivity contribution in [2.75, 3.05) is 23.4 Å². The smallest absolute Gasteiger partial charge is 0.228 e. The molecule has 114 valence electrons. The van der Waals surface area contributed by atoms with Crippen LogP contribution in [0.1, 0.15) is 18.1 Å². The zero-order chi connectivity index (χ0) is 15.4. The Bertz CT molecular complexity index is 655. The number of hydrazine groups is 1. The highest BCUT2D eigenvalue weighted by Crippen LogP contribution is 2.31. The molecule has 1 heterocycles. The van der Waals surface area contributed by atoms with Crippen molar-refractivity contribution in [3.63, 3.8) is 0 Å². The van der Waals surface area contributed by atoms with Crippen LogP contribution in [0.5, 0.6) is 0 Å². The highest BCUT2D eigenvalue weighted by atomic mass is 16.1. The average molecular weight is 295 g/mol. The molecule has 0 fully saturated rings. The van der Waals surface area contributed by atoms with Crippen molar-refractivity contribution in [2.24, 2.45) is 0 Å². The molecule has 0 spiro atoms. The highest BCUT2D eigenvalue weighted by Gasteiger charge is 2.22. The Morgan fingerprint density at radius 2 is 1.95 bits per heavy atom. The number of nitrogens with one attached hydrogen (secondary N) is 2. The molecule has 0 saturated heterocycles. The first-order valence-corrected chi connectivity index (χ1v) is 7.74. The molecule has 22 heavy (non-hydrogen) atoms. The number of hydrogen-bond acceptors (Lipinski definition) is 3. The van der Waals surface area contributed by atoms with Crippen LogP contribution < -0.4 is 15.8 Å². The van der Waals surface area contributed by atoms with Gasteiger partial charge >= 0.3 is 0 Å². The molecule has 3 rings (SSSR count). The fraction of sp³-hybridized carbons (Fsp3) is 0.278. The first kappa shape index (κ1) is 14.6. The minimum Gasteiger partial charge on any atom is -0.325 e. The van der Waals surface area contributed by atoms with Crippen molar-refractivity contribution < 1.29 is 4.79 Å². The number of carbonyl (C=O) groups is 1. The molecule has 1 aliphatic heterocycles. The van der Waals surface area contributed by atoms with Gasteiger partial charge in [0.05, 0.1) is 12.1 Å². The molecule has 1 amide bonds. The molecule has 2 N–H and O–H groups in total. The van der Waals surface area contributed by atoms with Crippen molar-refractivity contribution >= 4 is 17.3 Å². The number of rotatable bonds is 6. The van der Waals surface area contributed by atoms with E-state index >= 15 is 0 Å². The van der Waals surface area contributed by atoms with Gasteiger partial charge in [0.15, 0.2) is 0 Å². The lowest BCUT2D eigenvalue weighted by molar-refractivity contribution is -0.115. The number of amides is 1. The third-order valence-electron chi connectivity index (χ3n) is 3.93. The Kier molecular flexibility index (Phi) is 4.39. The van der Waals surface area contributed by atoms with Crippen LogP contribution in [0.2, 0.25) is 0 Å². The summed E-state index contributed by atoms with van der Waals surface area (Å²) in [5.41, 5.74) is 7.90. The summed E-state index contributed by atoms with van der Waals surface area (Å²) < 4.78 is 0. The first-order chi connectivity index (χ1) is 10.8. The standard InChI is InChI=1S/C18H21N3O/c1-2-21(19-12-11-14-7-4-3-5-8-14)17-10-6-9-16-15(17)13-18(22)20-16/h3-10,19H,2,11-13H2,1H3,(H,20,22). The predicted molar refractivity (Wildman–Crippen MR) is 89.9 cm³/mol. The van der Waals surface area contributed by atoms with Gasteiger partial charge in [-0.2, -0.15) is 0 Å². The van der Waals surface area contributed by atoms with E-state index in [-0.39, 0.29) is 5.91 Å².